The number of fused-ring (bicyclic) bond motifs is 7. The SMILES string of the molecule is c1ccc(-c2ccccc2-c2c3ccccc3c(-c3cccc(-c4cccc5oc6ccc7ccccc7c6c45)c3)c3ccccc23)cc1. The van der Waals surface area contributed by atoms with Crippen LogP contribution in [0.5, 0.6) is 0 Å². The normalized spacial score (nSPS) is 11.7. The van der Waals surface area contributed by atoms with Crippen LogP contribution in [0.4, 0.5) is 0 Å². The molecule has 0 saturated heterocycles. The van der Waals surface area contributed by atoms with Gasteiger partial charge in [-0.15, -0.1) is 0 Å². The average Bonchev–Trinajstić information content (AvgIpc) is 3.57. The highest BCUT2D eigenvalue weighted by molar-refractivity contribution is 6.24. The third-order valence-corrected chi connectivity index (χ3v) is 10.1. The largest absolute Gasteiger partial charge is 0.456 e. The van der Waals surface area contributed by atoms with Crippen molar-refractivity contribution in [2.75, 3.05) is 0 Å². The molecule has 1 heteroatoms. The molecule has 0 amide bonds. The summed E-state index contributed by atoms with van der Waals surface area (Å²) in [6.07, 6.45) is 0. The highest BCUT2D eigenvalue weighted by Crippen LogP contribution is 2.47. The highest BCUT2D eigenvalue weighted by atomic mass is 16.3. The third kappa shape index (κ3) is 4.33. The molecule has 0 bridgehead atoms. The van der Waals surface area contributed by atoms with E-state index in [1.165, 1.54) is 82.2 Å². The Hall–Kier alpha value is -6.44. The minimum absolute atomic E-state index is 0.909. The summed E-state index contributed by atoms with van der Waals surface area (Å²) in [6, 6.07) is 65.7. The van der Waals surface area contributed by atoms with Crippen molar-refractivity contribution in [3.8, 4) is 44.5 Å². The van der Waals surface area contributed by atoms with E-state index in [2.05, 4.69) is 182 Å². The Morgan fingerprint density at radius 1 is 0.286 bits per heavy atom. The fourth-order valence-electron chi connectivity index (χ4n) is 7.97. The summed E-state index contributed by atoms with van der Waals surface area (Å²) < 4.78 is 6.45. The molecule has 10 rings (SSSR count). The summed E-state index contributed by atoms with van der Waals surface area (Å²) >= 11 is 0. The number of furan rings is 1. The van der Waals surface area contributed by atoms with E-state index >= 15 is 0 Å². The molecule has 0 aliphatic carbocycles. The van der Waals surface area contributed by atoms with Gasteiger partial charge < -0.3 is 4.42 Å². The lowest BCUT2D eigenvalue weighted by Gasteiger charge is -2.20. The van der Waals surface area contributed by atoms with E-state index in [-0.39, 0.29) is 0 Å². The molecule has 0 radical (unpaired) electrons. The van der Waals surface area contributed by atoms with Crippen LogP contribution in [-0.2, 0) is 0 Å². The lowest BCUT2D eigenvalue weighted by Crippen LogP contribution is -1.93. The molecule has 9 aromatic carbocycles. The molecular weight excluding hydrogens is 593 g/mol. The van der Waals surface area contributed by atoms with Gasteiger partial charge in [0.25, 0.3) is 0 Å². The minimum Gasteiger partial charge on any atom is -0.456 e. The molecule has 0 N–H and O–H groups in total. The fraction of sp³-hybridized carbons (Fsp3) is 0. The second-order valence-electron chi connectivity index (χ2n) is 12.8. The van der Waals surface area contributed by atoms with Gasteiger partial charge in [-0.1, -0.05) is 164 Å². The van der Waals surface area contributed by atoms with Crippen molar-refractivity contribution in [3.63, 3.8) is 0 Å². The third-order valence-electron chi connectivity index (χ3n) is 10.1. The van der Waals surface area contributed by atoms with E-state index in [0.717, 1.165) is 16.6 Å². The van der Waals surface area contributed by atoms with Crippen molar-refractivity contribution < 1.29 is 4.42 Å². The number of hydrogen-bond acceptors (Lipinski definition) is 1. The van der Waals surface area contributed by atoms with Crippen molar-refractivity contribution in [2.45, 2.75) is 0 Å². The summed E-state index contributed by atoms with van der Waals surface area (Å²) in [5.41, 5.74) is 11.6. The molecule has 0 atom stereocenters. The van der Waals surface area contributed by atoms with Gasteiger partial charge >= 0.3 is 0 Å². The zero-order valence-corrected chi connectivity index (χ0v) is 26.7. The maximum absolute atomic E-state index is 6.45. The summed E-state index contributed by atoms with van der Waals surface area (Å²) in [4.78, 5) is 0. The predicted molar refractivity (Wildman–Crippen MR) is 208 cm³/mol. The molecule has 0 fully saturated rings. The van der Waals surface area contributed by atoms with Gasteiger partial charge in [0.1, 0.15) is 11.2 Å². The van der Waals surface area contributed by atoms with Gasteiger partial charge in [-0.25, -0.2) is 0 Å². The van der Waals surface area contributed by atoms with Crippen molar-refractivity contribution in [3.05, 3.63) is 182 Å². The standard InChI is InChI=1S/C48H30O/c1-2-14-31(15-3-1)35-19-6-7-21-38(35)46-41-24-10-8-22-39(41)45(40-23-9-11-25-42(40)46)34-18-12-17-33(30-34)37-26-13-27-43-48(37)47-36-20-5-4-16-32(36)28-29-44(47)49-43/h1-30H. The van der Waals surface area contributed by atoms with E-state index < -0.39 is 0 Å². The van der Waals surface area contributed by atoms with Gasteiger partial charge in [-0.05, 0) is 95.0 Å². The predicted octanol–water partition coefficient (Wildman–Crippen LogP) is 13.7. The smallest absolute Gasteiger partial charge is 0.136 e. The maximum Gasteiger partial charge on any atom is 0.136 e. The van der Waals surface area contributed by atoms with Crippen LogP contribution >= 0.6 is 0 Å². The molecule has 228 valence electrons. The molecule has 0 unspecified atom stereocenters. The highest BCUT2D eigenvalue weighted by Gasteiger charge is 2.20. The van der Waals surface area contributed by atoms with E-state index in [4.69, 9.17) is 4.42 Å². The number of hydrogen-bond donors (Lipinski definition) is 0. The fourth-order valence-corrected chi connectivity index (χ4v) is 7.97. The van der Waals surface area contributed by atoms with Crippen molar-refractivity contribution in [1.29, 1.82) is 0 Å². The lowest BCUT2D eigenvalue weighted by molar-refractivity contribution is 0.669. The Kier molecular flexibility index (Phi) is 6.25. The van der Waals surface area contributed by atoms with Gasteiger partial charge in [-0.2, -0.15) is 0 Å². The summed E-state index contributed by atoms with van der Waals surface area (Å²) in [6.45, 7) is 0. The first-order valence-electron chi connectivity index (χ1n) is 16.9. The Morgan fingerprint density at radius 3 is 1.57 bits per heavy atom. The average molecular weight is 623 g/mol. The zero-order chi connectivity index (χ0) is 32.3. The van der Waals surface area contributed by atoms with E-state index in [1.807, 2.05) is 0 Å². The van der Waals surface area contributed by atoms with Crippen molar-refractivity contribution in [1.82, 2.24) is 0 Å². The number of benzene rings is 9. The molecule has 1 heterocycles. The Labute approximate surface area is 284 Å². The van der Waals surface area contributed by atoms with Crippen LogP contribution in [0.1, 0.15) is 0 Å². The topological polar surface area (TPSA) is 13.1 Å². The minimum atomic E-state index is 0.909. The Balaban J connectivity index is 1.24. The van der Waals surface area contributed by atoms with E-state index in [9.17, 15) is 0 Å². The van der Waals surface area contributed by atoms with Gasteiger partial charge in [-0.3, -0.25) is 0 Å². The summed E-state index contributed by atoms with van der Waals surface area (Å²) in [5, 5.41) is 9.75. The number of rotatable bonds is 4. The second kappa shape index (κ2) is 11.1. The second-order valence-corrected chi connectivity index (χ2v) is 12.8. The molecule has 0 aliphatic heterocycles. The molecular formula is C48H30O. The molecule has 0 saturated carbocycles. The van der Waals surface area contributed by atoms with Crippen molar-refractivity contribution in [2.24, 2.45) is 0 Å². The van der Waals surface area contributed by atoms with Crippen LogP contribution in [0.3, 0.4) is 0 Å². The monoisotopic (exact) mass is 622 g/mol. The molecule has 1 nitrogen and oxygen atoms in total. The van der Waals surface area contributed by atoms with Gasteiger partial charge in [0.15, 0.2) is 0 Å². The molecule has 0 spiro atoms. The van der Waals surface area contributed by atoms with Crippen LogP contribution in [0, 0.1) is 0 Å². The van der Waals surface area contributed by atoms with Crippen LogP contribution in [0.2, 0.25) is 0 Å². The first-order valence-corrected chi connectivity index (χ1v) is 16.9. The van der Waals surface area contributed by atoms with Crippen LogP contribution in [0.15, 0.2) is 186 Å². The molecule has 49 heavy (non-hydrogen) atoms. The van der Waals surface area contributed by atoms with Crippen LogP contribution < -0.4 is 0 Å². The molecule has 10 aromatic rings. The zero-order valence-electron chi connectivity index (χ0n) is 26.7. The summed E-state index contributed by atoms with van der Waals surface area (Å²) in [7, 11) is 0. The first-order chi connectivity index (χ1) is 24.3. The van der Waals surface area contributed by atoms with Gasteiger partial charge in [0.2, 0.25) is 0 Å². The quantitative estimate of drug-likeness (QED) is 0.178. The van der Waals surface area contributed by atoms with E-state index in [0.29, 0.717) is 0 Å². The molecule has 1 aromatic heterocycles. The lowest BCUT2D eigenvalue weighted by atomic mass is 9.83. The van der Waals surface area contributed by atoms with Gasteiger partial charge in [0, 0.05) is 10.8 Å². The van der Waals surface area contributed by atoms with Crippen LogP contribution in [-0.4, -0.2) is 0 Å². The Morgan fingerprint density at radius 2 is 0.816 bits per heavy atom. The first kappa shape index (κ1) is 27.7. The van der Waals surface area contributed by atoms with Crippen LogP contribution in [0.25, 0.3) is 98.8 Å². The van der Waals surface area contributed by atoms with Crippen molar-refractivity contribution >= 4 is 54.3 Å². The van der Waals surface area contributed by atoms with Gasteiger partial charge in [0.05, 0.1) is 0 Å². The summed E-state index contributed by atoms with van der Waals surface area (Å²) in [5.74, 6) is 0. The maximum atomic E-state index is 6.45. The van der Waals surface area contributed by atoms with E-state index in [1.54, 1.807) is 0 Å². The Bertz CT molecular complexity index is 2820. The molecule has 0 aliphatic rings.